The van der Waals surface area contributed by atoms with Crippen molar-refractivity contribution < 1.29 is 37.0 Å². The van der Waals surface area contributed by atoms with Crippen LogP contribution in [-0.4, -0.2) is 23.0 Å². The fourth-order valence-electron chi connectivity index (χ4n) is 7.73. The Balaban J connectivity index is 1.30. The standard InChI is InChI=1S/C32H31F4NO4/c33-26-3-1-2-24-23(26)10-11-25(27(24)41-17-18-5-8-22(9-6-18)32(34,35)36)29(38)37-28(30(39)40)31-13-12-20-7-4-19(15-31)14-21(20)16-31/h1-3,5-6,8-11,19-21,28H,4,7,12-17H2,(H,37,38)(H,39,40)/t19?,20?,21?,28-,31?/m1/s1. The van der Waals surface area contributed by atoms with Crippen molar-refractivity contribution in [2.75, 3.05) is 0 Å². The summed E-state index contributed by atoms with van der Waals surface area (Å²) in [7, 11) is 0. The average molecular weight is 570 g/mol. The van der Waals surface area contributed by atoms with Crippen LogP contribution in [0.4, 0.5) is 17.6 Å². The topological polar surface area (TPSA) is 75.6 Å². The third-order valence-electron chi connectivity index (χ3n) is 9.63. The lowest BCUT2D eigenvalue weighted by Gasteiger charge is -2.56. The van der Waals surface area contributed by atoms with Crippen LogP contribution in [0.5, 0.6) is 5.75 Å². The maximum absolute atomic E-state index is 14.6. The Morgan fingerprint density at radius 3 is 2.49 bits per heavy atom. The molecule has 0 saturated heterocycles. The van der Waals surface area contributed by atoms with Crippen LogP contribution in [0.1, 0.15) is 66.4 Å². The Morgan fingerprint density at radius 2 is 1.76 bits per heavy atom. The average Bonchev–Trinajstić information content (AvgIpc) is 2.93. The molecular weight excluding hydrogens is 538 g/mol. The molecule has 2 N–H and O–H groups in total. The van der Waals surface area contributed by atoms with Crippen LogP contribution < -0.4 is 10.1 Å². The van der Waals surface area contributed by atoms with E-state index in [1.807, 2.05) is 0 Å². The van der Waals surface area contributed by atoms with Gasteiger partial charge in [0.2, 0.25) is 0 Å². The van der Waals surface area contributed by atoms with E-state index in [0.717, 1.165) is 50.7 Å². The van der Waals surface area contributed by atoms with Crippen LogP contribution in [0.25, 0.3) is 10.8 Å². The lowest BCUT2D eigenvalue weighted by atomic mass is 9.49. The lowest BCUT2D eigenvalue weighted by molar-refractivity contribution is -0.148. The summed E-state index contributed by atoms with van der Waals surface area (Å²) in [6.07, 6.45) is 2.22. The number of hydrogen-bond acceptors (Lipinski definition) is 3. The summed E-state index contributed by atoms with van der Waals surface area (Å²) in [6, 6.07) is 10.6. The third kappa shape index (κ3) is 5.15. The molecule has 0 aromatic heterocycles. The minimum absolute atomic E-state index is 0.0438. The van der Waals surface area contributed by atoms with Crippen LogP contribution in [0, 0.1) is 29.0 Å². The van der Waals surface area contributed by atoms with E-state index < -0.39 is 40.9 Å². The first-order valence-corrected chi connectivity index (χ1v) is 14.1. The van der Waals surface area contributed by atoms with E-state index in [-0.39, 0.29) is 23.3 Å². The summed E-state index contributed by atoms with van der Waals surface area (Å²) >= 11 is 0. The molecule has 4 unspecified atom stereocenters. The van der Waals surface area contributed by atoms with Gasteiger partial charge < -0.3 is 15.2 Å². The summed E-state index contributed by atoms with van der Waals surface area (Å²) in [5.74, 6) is -0.608. The van der Waals surface area contributed by atoms with Crippen molar-refractivity contribution in [2.24, 2.45) is 23.2 Å². The quantitative estimate of drug-likeness (QED) is 0.292. The van der Waals surface area contributed by atoms with Crippen molar-refractivity contribution >= 4 is 22.6 Å². The molecule has 0 heterocycles. The number of ether oxygens (including phenoxy) is 1. The van der Waals surface area contributed by atoms with Gasteiger partial charge in [-0.3, -0.25) is 4.79 Å². The van der Waals surface area contributed by atoms with Crippen molar-refractivity contribution in [1.82, 2.24) is 5.32 Å². The van der Waals surface area contributed by atoms with E-state index in [2.05, 4.69) is 5.32 Å². The number of halogens is 4. The largest absolute Gasteiger partial charge is 0.487 e. The van der Waals surface area contributed by atoms with Gasteiger partial charge in [0.05, 0.1) is 11.1 Å². The molecule has 6 rings (SSSR count). The van der Waals surface area contributed by atoms with Gasteiger partial charge in [-0.2, -0.15) is 13.2 Å². The molecule has 216 valence electrons. The van der Waals surface area contributed by atoms with E-state index in [4.69, 9.17) is 4.74 Å². The molecule has 3 aliphatic rings. The molecule has 3 saturated carbocycles. The monoisotopic (exact) mass is 569 g/mol. The van der Waals surface area contributed by atoms with Gasteiger partial charge in [-0.05, 0) is 86.1 Å². The van der Waals surface area contributed by atoms with Gasteiger partial charge in [0.25, 0.3) is 5.91 Å². The molecule has 3 aromatic carbocycles. The number of aliphatic carboxylic acids is 1. The highest BCUT2D eigenvalue weighted by Gasteiger charge is 2.55. The number of benzene rings is 3. The van der Waals surface area contributed by atoms with Gasteiger partial charge in [-0.25, -0.2) is 9.18 Å². The maximum atomic E-state index is 14.6. The first kappa shape index (κ1) is 27.5. The van der Waals surface area contributed by atoms with Gasteiger partial charge in [0.15, 0.2) is 0 Å². The first-order chi connectivity index (χ1) is 19.5. The zero-order chi connectivity index (χ0) is 28.9. The number of alkyl halides is 3. The second-order valence-corrected chi connectivity index (χ2v) is 12.0. The van der Waals surface area contributed by atoms with Crippen molar-refractivity contribution in [3.05, 3.63) is 77.1 Å². The second kappa shape index (κ2) is 10.3. The molecule has 3 aromatic rings. The molecule has 9 heteroatoms. The Labute approximate surface area is 234 Å². The Bertz CT molecular complexity index is 1480. The zero-order valence-electron chi connectivity index (χ0n) is 22.3. The van der Waals surface area contributed by atoms with E-state index in [1.54, 1.807) is 6.07 Å². The highest BCUT2D eigenvalue weighted by Crippen LogP contribution is 2.59. The number of carboxylic acids is 1. The minimum Gasteiger partial charge on any atom is -0.487 e. The molecule has 0 radical (unpaired) electrons. The smallest absolute Gasteiger partial charge is 0.416 e. The SMILES string of the molecule is O=C(N[C@H](C(=O)O)C12CCC3CCC(CC3C1)C2)c1ccc2c(F)cccc2c1OCc1ccc(C(F)(F)F)cc1. The predicted octanol–water partition coefficient (Wildman–Crippen LogP) is 7.37. The molecule has 5 atom stereocenters. The number of nitrogens with one attached hydrogen (secondary N) is 1. The van der Waals surface area contributed by atoms with Gasteiger partial charge in [0.1, 0.15) is 24.2 Å². The van der Waals surface area contributed by atoms with E-state index in [9.17, 15) is 32.3 Å². The van der Waals surface area contributed by atoms with E-state index in [1.165, 1.54) is 42.8 Å². The van der Waals surface area contributed by atoms with E-state index in [0.29, 0.717) is 28.7 Å². The van der Waals surface area contributed by atoms with Crippen LogP contribution in [0.15, 0.2) is 54.6 Å². The number of carbonyl (C=O) groups is 2. The van der Waals surface area contributed by atoms with Crippen LogP contribution in [0.2, 0.25) is 0 Å². The summed E-state index contributed by atoms with van der Waals surface area (Å²) < 4.78 is 59.6. The number of rotatable bonds is 7. The number of carbonyl (C=O) groups excluding carboxylic acids is 1. The van der Waals surface area contributed by atoms with Crippen molar-refractivity contribution in [3.8, 4) is 5.75 Å². The predicted molar refractivity (Wildman–Crippen MR) is 144 cm³/mol. The molecule has 5 nitrogen and oxygen atoms in total. The number of fused-ring (bicyclic) bond motifs is 3. The van der Waals surface area contributed by atoms with E-state index >= 15 is 0 Å². The molecule has 0 spiro atoms. The first-order valence-electron chi connectivity index (χ1n) is 14.1. The summed E-state index contributed by atoms with van der Waals surface area (Å²) in [5.41, 5.74) is -0.850. The molecule has 1 amide bonds. The van der Waals surface area contributed by atoms with Crippen molar-refractivity contribution in [1.29, 1.82) is 0 Å². The number of carboxylic acid groups (broad SMARTS) is 1. The van der Waals surface area contributed by atoms with Crippen LogP contribution in [0.3, 0.4) is 0 Å². The number of amides is 1. The Morgan fingerprint density at radius 1 is 0.976 bits per heavy atom. The minimum atomic E-state index is -4.48. The summed E-state index contributed by atoms with van der Waals surface area (Å²) in [6.45, 7) is -0.176. The molecule has 3 bridgehead atoms. The lowest BCUT2D eigenvalue weighted by Crippen LogP contribution is -2.58. The fourth-order valence-corrected chi connectivity index (χ4v) is 7.73. The van der Waals surface area contributed by atoms with Crippen molar-refractivity contribution in [3.63, 3.8) is 0 Å². The van der Waals surface area contributed by atoms with Crippen LogP contribution >= 0.6 is 0 Å². The summed E-state index contributed by atoms with van der Waals surface area (Å²) in [5, 5.41) is 13.7. The van der Waals surface area contributed by atoms with Gasteiger partial charge in [0, 0.05) is 16.2 Å². The maximum Gasteiger partial charge on any atom is 0.416 e. The van der Waals surface area contributed by atoms with Crippen molar-refractivity contribution in [2.45, 2.75) is 63.8 Å². The molecule has 3 aliphatic carbocycles. The second-order valence-electron chi connectivity index (χ2n) is 12.0. The number of hydrogen-bond donors (Lipinski definition) is 2. The molecular formula is C32H31F4NO4. The highest BCUT2D eigenvalue weighted by atomic mass is 19.4. The Kier molecular flexibility index (Phi) is 6.94. The normalized spacial score (nSPS) is 26.0. The molecule has 41 heavy (non-hydrogen) atoms. The van der Waals surface area contributed by atoms with Gasteiger partial charge in [-0.15, -0.1) is 0 Å². The van der Waals surface area contributed by atoms with Crippen LogP contribution in [-0.2, 0) is 17.6 Å². The molecule has 3 fully saturated rings. The Hall–Kier alpha value is -3.62. The summed E-state index contributed by atoms with van der Waals surface area (Å²) in [4.78, 5) is 26.4. The van der Waals surface area contributed by atoms with Gasteiger partial charge >= 0.3 is 12.1 Å². The molecule has 0 aliphatic heterocycles. The highest BCUT2D eigenvalue weighted by molar-refractivity contribution is 6.05. The van der Waals surface area contributed by atoms with Gasteiger partial charge in [-0.1, -0.05) is 36.8 Å². The zero-order valence-corrected chi connectivity index (χ0v) is 22.3. The third-order valence-corrected chi connectivity index (χ3v) is 9.63. The fraction of sp³-hybridized carbons (Fsp3) is 0.438.